The van der Waals surface area contributed by atoms with E-state index in [2.05, 4.69) is 11.9 Å². The predicted molar refractivity (Wildman–Crippen MR) is 57.9 cm³/mol. The molecule has 1 aromatic carbocycles. The fourth-order valence-corrected chi connectivity index (χ4v) is 1.04. The zero-order valence-corrected chi connectivity index (χ0v) is 7.94. The molecule has 1 amide bonds. The summed E-state index contributed by atoms with van der Waals surface area (Å²) in [5.74, 6) is -0.184. The molecule has 1 aromatic rings. The zero-order valence-electron chi connectivity index (χ0n) is 7.94. The molecule has 0 saturated heterocycles. The first-order valence-corrected chi connectivity index (χ1v) is 4.46. The van der Waals surface area contributed by atoms with Crippen LogP contribution in [0.1, 0.15) is 6.42 Å². The molecule has 0 fully saturated rings. The Morgan fingerprint density at radius 1 is 1.50 bits per heavy atom. The third kappa shape index (κ3) is 3.03. The van der Waals surface area contributed by atoms with Gasteiger partial charge in [0, 0.05) is 5.69 Å². The van der Waals surface area contributed by atoms with E-state index in [1.165, 1.54) is 0 Å². The maximum atomic E-state index is 11.4. The molecule has 0 bridgehead atoms. The first-order valence-electron chi connectivity index (χ1n) is 4.46. The lowest BCUT2D eigenvalue weighted by atomic mass is 10.2. The molecule has 3 heteroatoms. The van der Waals surface area contributed by atoms with Gasteiger partial charge in [0.25, 0.3) is 0 Å². The molecule has 1 atom stereocenters. The largest absolute Gasteiger partial charge is 0.325 e. The highest BCUT2D eigenvalue weighted by Crippen LogP contribution is 2.05. The first kappa shape index (κ1) is 10.5. The van der Waals surface area contributed by atoms with Crippen molar-refractivity contribution in [2.75, 3.05) is 5.32 Å². The van der Waals surface area contributed by atoms with Gasteiger partial charge < -0.3 is 11.1 Å². The van der Waals surface area contributed by atoms with Gasteiger partial charge in [-0.1, -0.05) is 24.3 Å². The zero-order chi connectivity index (χ0) is 10.4. The summed E-state index contributed by atoms with van der Waals surface area (Å²) in [5.41, 5.74) is 6.35. The average molecular weight is 190 g/mol. The average Bonchev–Trinajstić information content (AvgIpc) is 2.19. The Hall–Kier alpha value is -1.61. The van der Waals surface area contributed by atoms with Crippen LogP contribution in [0.15, 0.2) is 43.0 Å². The van der Waals surface area contributed by atoms with E-state index in [1.54, 1.807) is 6.08 Å². The number of rotatable bonds is 4. The minimum Gasteiger partial charge on any atom is -0.325 e. The van der Waals surface area contributed by atoms with Crippen molar-refractivity contribution >= 4 is 11.6 Å². The molecule has 0 aromatic heterocycles. The van der Waals surface area contributed by atoms with E-state index in [-0.39, 0.29) is 5.91 Å². The minimum absolute atomic E-state index is 0.184. The van der Waals surface area contributed by atoms with Crippen LogP contribution < -0.4 is 11.1 Å². The normalized spacial score (nSPS) is 11.8. The lowest BCUT2D eigenvalue weighted by molar-refractivity contribution is -0.117. The van der Waals surface area contributed by atoms with Crippen molar-refractivity contribution in [1.82, 2.24) is 0 Å². The van der Waals surface area contributed by atoms with Gasteiger partial charge in [0.15, 0.2) is 0 Å². The second-order valence-corrected chi connectivity index (χ2v) is 2.99. The predicted octanol–water partition coefficient (Wildman–Crippen LogP) is 1.53. The molecule has 0 aliphatic rings. The SMILES string of the molecule is C=CC[C@H](N)C(=O)Nc1ccccc1. The second-order valence-electron chi connectivity index (χ2n) is 2.99. The summed E-state index contributed by atoms with van der Waals surface area (Å²) in [6.07, 6.45) is 2.12. The summed E-state index contributed by atoms with van der Waals surface area (Å²) in [5, 5.41) is 2.71. The van der Waals surface area contributed by atoms with E-state index in [1.807, 2.05) is 30.3 Å². The van der Waals surface area contributed by atoms with Gasteiger partial charge in [-0.3, -0.25) is 4.79 Å². The molecule has 0 spiro atoms. The summed E-state index contributed by atoms with van der Waals surface area (Å²) in [7, 11) is 0. The molecule has 3 N–H and O–H groups in total. The number of carbonyl (C=O) groups is 1. The molecule has 1 rings (SSSR count). The van der Waals surface area contributed by atoms with Crippen molar-refractivity contribution in [3.05, 3.63) is 43.0 Å². The van der Waals surface area contributed by atoms with Gasteiger partial charge in [-0.05, 0) is 18.6 Å². The Morgan fingerprint density at radius 3 is 2.71 bits per heavy atom. The van der Waals surface area contributed by atoms with E-state index in [9.17, 15) is 4.79 Å². The van der Waals surface area contributed by atoms with E-state index in [4.69, 9.17) is 5.73 Å². The van der Waals surface area contributed by atoms with Crippen molar-refractivity contribution in [2.24, 2.45) is 5.73 Å². The Balaban J connectivity index is 2.53. The van der Waals surface area contributed by atoms with Gasteiger partial charge >= 0.3 is 0 Å². The summed E-state index contributed by atoms with van der Waals surface area (Å²) >= 11 is 0. The lowest BCUT2D eigenvalue weighted by Crippen LogP contribution is -2.34. The summed E-state index contributed by atoms with van der Waals surface area (Å²) in [6, 6.07) is 8.72. The highest BCUT2D eigenvalue weighted by Gasteiger charge is 2.10. The fraction of sp³-hybridized carbons (Fsp3) is 0.182. The Morgan fingerprint density at radius 2 is 2.14 bits per heavy atom. The van der Waals surface area contributed by atoms with Crippen molar-refractivity contribution in [3.63, 3.8) is 0 Å². The number of anilines is 1. The first-order chi connectivity index (χ1) is 6.74. The van der Waals surface area contributed by atoms with Crippen LogP contribution >= 0.6 is 0 Å². The van der Waals surface area contributed by atoms with Crippen LogP contribution in [0.3, 0.4) is 0 Å². The third-order valence-corrected chi connectivity index (χ3v) is 1.80. The van der Waals surface area contributed by atoms with Crippen molar-refractivity contribution in [2.45, 2.75) is 12.5 Å². The van der Waals surface area contributed by atoms with Crippen LogP contribution in [0.4, 0.5) is 5.69 Å². The summed E-state index contributed by atoms with van der Waals surface area (Å²) in [6.45, 7) is 3.53. The molecule has 14 heavy (non-hydrogen) atoms. The minimum atomic E-state index is -0.521. The number of para-hydroxylation sites is 1. The smallest absolute Gasteiger partial charge is 0.241 e. The van der Waals surface area contributed by atoms with Gasteiger partial charge in [-0.25, -0.2) is 0 Å². The van der Waals surface area contributed by atoms with E-state index < -0.39 is 6.04 Å². The maximum Gasteiger partial charge on any atom is 0.241 e. The van der Waals surface area contributed by atoms with Gasteiger partial charge in [0.05, 0.1) is 6.04 Å². The van der Waals surface area contributed by atoms with E-state index >= 15 is 0 Å². The number of carbonyl (C=O) groups excluding carboxylic acids is 1. The molecule has 3 nitrogen and oxygen atoms in total. The standard InChI is InChI=1S/C11H14N2O/c1-2-6-10(12)11(14)13-9-7-4-3-5-8-9/h2-5,7-8,10H,1,6,12H2,(H,13,14)/t10-/m0/s1. The molecule has 0 heterocycles. The molecule has 0 aliphatic heterocycles. The lowest BCUT2D eigenvalue weighted by Gasteiger charge is -2.09. The fourth-order valence-electron chi connectivity index (χ4n) is 1.04. The van der Waals surface area contributed by atoms with E-state index in [0.29, 0.717) is 6.42 Å². The Labute approximate surface area is 83.6 Å². The molecular weight excluding hydrogens is 176 g/mol. The highest BCUT2D eigenvalue weighted by atomic mass is 16.2. The van der Waals surface area contributed by atoms with Crippen LogP contribution in [-0.2, 0) is 4.79 Å². The monoisotopic (exact) mass is 190 g/mol. The molecule has 0 saturated carbocycles. The van der Waals surface area contributed by atoms with Gasteiger partial charge in [-0.2, -0.15) is 0 Å². The number of nitrogens with two attached hydrogens (primary N) is 1. The number of benzene rings is 1. The second kappa shape index (κ2) is 5.19. The van der Waals surface area contributed by atoms with Gasteiger partial charge in [-0.15, -0.1) is 6.58 Å². The summed E-state index contributed by atoms with van der Waals surface area (Å²) < 4.78 is 0. The molecule has 0 unspecified atom stereocenters. The van der Waals surface area contributed by atoms with Crippen LogP contribution in [-0.4, -0.2) is 11.9 Å². The quantitative estimate of drug-likeness (QED) is 0.707. The van der Waals surface area contributed by atoms with Crippen LogP contribution in [0.2, 0.25) is 0 Å². The topological polar surface area (TPSA) is 55.1 Å². The number of hydrogen-bond acceptors (Lipinski definition) is 2. The summed E-state index contributed by atoms with van der Waals surface area (Å²) in [4.78, 5) is 11.4. The number of nitrogens with one attached hydrogen (secondary N) is 1. The van der Waals surface area contributed by atoms with Crippen LogP contribution in [0.5, 0.6) is 0 Å². The molecule has 0 radical (unpaired) electrons. The van der Waals surface area contributed by atoms with Crippen LogP contribution in [0, 0.1) is 0 Å². The van der Waals surface area contributed by atoms with Gasteiger partial charge in [0.2, 0.25) is 5.91 Å². The number of amides is 1. The third-order valence-electron chi connectivity index (χ3n) is 1.80. The molecular formula is C11H14N2O. The van der Waals surface area contributed by atoms with Crippen molar-refractivity contribution in [3.8, 4) is 0 Å². The molecule has 74 valence electrons. The highest BCUT2D eigenvalue weighted by molar-refractivity contribution is 5.94. The van der Waals surface area contributed by atoms with Gasteiger partial charge in [0.1, 0.15) is 0 Å². The van der Waals surface area contributed by atoms with Crippen molar-refractivity contribution < 1.29 is 4.79 Å². The Bertz CT molecular complexity index is 308. The molecule has 0 aliphatic carbocycles. The van der Waals surface area contributed by atoms with Crippen LogP contribution in [0.25, 0.3) is 0 Å². The number of hydrogen-bond donors (Lipinski definition) is 2. The van der Waals surface area contributed by atoms with Crippen molar-refractivity contribution in [1.29, 1.82) is 0 Å². The maximum absolute atomic E-state index is 11.4. The van der Waals surface area contributed by atoms with E-state index in [0.717, 1.165) is 5.69 Å². The Kier molecular flexibility index (Phi) is 3.88.